The van der Waals surface area contributed by atoms with E-state index >= 15 is 0 Å². The molecule has 2 aromatic carbocycles. The Kier molecular flexibility index (Phi) is 5.53. The summed E-state index contributed by atoms with van der Waals surface area (Å²) in [4.78, 5) is 12.2. The maximum Gasteiger partial charge on any atom is 0.248 e. The first-order valence-electron chi connectivity index (χ1n) is 9.46. The van der Waals surface area contributed by atoms with Crippen molar-refractivity contribution in [1.29, 1.82) is 0 Å². The van der Waals surface area contributed by atoms with Crippen LogP contribution in [0.3, 0.4) is 0 Å². The molecule has 0 spiro atoms. The van der Waals surface area contributed by atoms with E-state index in [0.717, 1.165) is 47.8 Å². The Balaban J connectivity index is 1.44. The molecule has 1 aliphatic rings. The van der Waals surface area contributed by atoms with Crippen LogP contribution in [-0.4, -0.2) is 20.7 Å². The molecule has 142 valence electrons. The van der Waals surface area contributed by atoms with E-state index in [-0.39, 0.29) is 5.91 Å². The van der Waals surface area contributed by atoms with Crippen molar-refractivity contribution >= 4 is 29.3 Å². The number of hydrogen-bond donors (Lipinski definition) is 1. The van der Waals surface area contributed by atoms with Gasteiger partial charge in [-0.25, -0.2) is 0 Å². The molecule has 28 heavy (non-hydrogen) atoms. The van der Waals surface area contributed by atoms with Gasteiger partial charge in [-0.2, -0.15) is 0 Å². The average Bonchev–Trinajstić information content (AvgIpc) is 2.95. The maximum absolute atomic E-state index is 12.2. The lowest BCUT2D eigenvalue weighted by atomic mass is 10.2. The van der Waals surface area contributed by atoms with Crippen LogP contribution in [0.15, 0.2) is 54.6 Å². The van der Waals surface area contributed by atoms with Gasteiger partial charge in [0.05, 0.1) is 0 Å². The summed E-state index contributed by atoms with van der Waals surface area (Å²) in [5, 5.41) is 12.2. The number of nitrogens with one attached hydrogen (secondary N) is 1. The molecule has 0 atom stereocenters. The number of carbonyl (C=O) groups excluding carboxylic acids is 1. The van der Waals surface area contributed by atoms with Crippen molar-refractivity contribution in [3.8, 4) is 11.4 Å². The van der Waals surface area contributed by atoms with Crippen molar-refractivity contribution in [3.63, 3.8) is 0 Å². The van der Waals surface area contributed by atoms with Crippen molar-refractivity contribution in [2.45, 2.75) is 32.2 Å². The van der Waals surface area contributed by atoms with Crippen molar-refractivity contribution in [2.75, 3.05) is 5.32 Å². The van der Waals surface area contributed by atoms with Crippen LogP contribution in [0.1, 0.15) is 30.7 Å². The van der Waals surface area contributed by atoms with E-state index in [1.807, 2.05) is 42.5 Å². The zero-order valence-electron chi connectivity index (χ0n) is 15.4. The number of benzene rings is 2. The highest BCUT2D eigenvalue weighted by atomic mass is 35.5. The molecule has 0 unspecified atom stereocenters. The molecule has 0 radical (unpaired) electrons. The number of nitrogens with zero attached hydrogens (tertiary/aromatic N) is 3. The second kappa shape index (κ2) is 8.40. The third-order valence-corrected chi connectivity index (χ3v) is 5.03. The lowest BCUT2D eigenvalue weighted by Gasteiger charge is -2.08. The zero-order valence-corrected chi connectivity index (χ0v) is 16.2. The minimum atomic E-state index is -0.191. The van der Waals surface area contributed by atoms with Crippen LogP contribution in [0.4, 0.5) is 5.69 Å². The van der Waals surface area contributed by atoms with Gasteiger partial charge in [0, 0.05) is 35.3 Å². The molecule has 6 heteroatoms. The lowest BCUT2D eigenvalue weighted by molar-refractivity contribution is -0.111. The van der Waals surface area contributed by atoms with E-state index in [2.05, 4.69) is 20.1 Å². The van der Waals surface area contributed by atoms with Gasteiger partial charge in [-0.3, -0.25) is 4.79 Å². The lowest BCUT2D eigenvalue weighted by Crippen LogP contribution is -2.07. The second-order valence-corrected chi connectivity index (χ2v) is 7.29. The normalized spacial score (nSPS) is 13.9. The third-order valence-electron chi connectivity index (χ3n) is 4.80. The van der Waals surface area contributed by atoms with Gasteiger partial charge in [-0.15, -0.1) is 10.2 Å². The van der Waals surface area contributed by atoms with Crippen LogP contribution in [0.2, 0.25) is 5.02 Å². The second-order valence-electron chi connectivity index (χ2n) is 6.86. The van der Waals surface area contributed by atoms with E-state index < -0.39 is 0 Å². The van der Waals surface area contributed by atoms with Gasteiger partial charge in [0.2, 0.25) is 5.91 Å². The minimum absolute atomic E-state index is 0.191. The quantitative estimate of drug-likeness (QED) is 0.637. The number of aryl methyl sites for hydroxylation is 1. The molecule has 0 fully saturated rings. The summed E-state index contributed by atoms with van der Waals surface area (Å²) in [6.07, 6.45) is 7.78. The zero-order chi connectivity index (χ0) is 19.3. The van der Waals surface area contributed by atoms with Gasteiger partial charge >= 0.3 is 0 Å². The van der Waals surface area contributed by atoms with Crippen molar-refractivity contribution in [3.05, 3.63) is 71.0 Å². The first-order valence-corrected chi connectivity index (χ1v) is 9.84. The van der Waals surface area contributed by atoms with Crippen LogP contribution in [-0.2, 0) is 17.8 Å². The third kappa shape index (κ3) is 4.31. The fourth-order valence-corrected chi connectivity index (χ4v) is 3.57. The molecule has 0 bridgehead atoms. The van der Waals surface area contributed by atoms with Gasteiger partial charge < -0.3 is 9.88 Å². The van der Waals surface area contributed by atoms with E-state index in [0.29, 0.717) is 5.02 Å². The molecule has 4 rings (SSSR count). The molecule has 1 aliphatic heterocycles. The molecule has 3 aromatic rings. The molecule has 5 nitrogen and oxygen atoms in total. The summed E-state index contributed by atoms with van der Waals surface area (Å²) in [7, 11) is 0. The number of rotatable bonds is 4. The van der Waals surface area contributed by atoms with Crippen LogP contribution >= 0.6 is 11.6 Å². The van der Waals surface area contributed by atoms with Gasteiger partial charge in [0.1, 0.15) is 5.82 Å². The topological polar surface area (TPSA) is 59.8 Å². The summed E-state index contributed by atoms with van der Waals surface area (Å²) in [5.74, 6) is 1.77. The van der Waals surface area contributed by atoms with Crippen LogP contribution in [0.5, 0.6) is 0 Å². The number of hydrogen-bond acceptors (Lipinski definition) is 3. The van der Waals surface area contributed by atoms with Crippen molar-refractivity contribution in [1.82, 2.24) is 14.8 Å². The Morgan fingerprint density at radius 1 is 1.07 bits per heavy atom. The van der Waals surface area contributed by atoms with Gasteiger partial charge in [0.25, 0.3) is 0 Å². The summed E-state index contributed by atoms with van der Waals surface area (Å²) in [6.45, 7) is 0.963. The van der Waals surface area contributed by atoms with Crippen molar-refractivity contribution < 1.29 is 4.79 Å². The first kappa shape index (κ1) is 18.4. The summed E-state index contributed by atoms with van der Waals surface area (Å²) >= 11 is 5.95. The average molecular weight is 393 g/mol. The molecule has 1 N–H and O–H groups in total. The van der Waals surface area contributed by atoms with Gasteiger partial charge in [0.15, 0.2) is 5.82 Å². The fraction of sp³-hybridized carbons (Fsp3) is 0.227. The molecule has 1 amide bonds. The Bertz CT molecular complexity index is 1010. The monoisotopic (exact) mass is 392 g/mol. The van der Waals surface area contributed by atoms with E-state index in [1.54, 1.807) is 12.1 Å². The Labute approximate surface area is 169 Å². The number of aromatic nitrogens is 3. The Morgan fingerprint density at radius 2 is 1.93 bits per heavy atom. The number of carbonyl (C=O) groups is 1. The van der Waals surface area contributed by atoms with E-state index in [9.17, 15) is 4.79 Å². The van der Waals surface area contributed by atoms with Gasteiger partial charge in [-0.1, -0.05) is 30.2 Å². The van der Waals surface area contributed by atoms with Crippen LogP contribution < -0.4 is 5.32 Å². The number of amides is 1. The fourth-order valence-electron chi connectivity index (χ4n) is 3.37. The van der Waals surface area contributed by atoms with Crippen molar-refractivity contribution in [2.24, 2.45) is 0 Å². The predicted octanol–water partition coefficient (Wildman–Crippen LogP) is 4.98. The molecule has 2 heterocycles. The van der Waals surface area contributed by atoms with Gasteiger partial charge in [-0.05, 0) is 60.9 Å². The summed E-state index contributed by atoms with van der Waals surface area (Å²) in [6, 6.07) is 15.1. The highest BCUT2D eigenvalue weighted by Crippen LogP contribution is 2.24. The summed E-state index contributed by atoms with van der Waals surface area (Å²) in [5.41, 5.74) is 2.62. The molecular weight excluding hydrogens is 372 g/mol. The molecular formula is C22H21ClN4O. The number of fused-ring (bicyclic) bond motifs is 1. The molecule has 0 saturated heterocycles. The molecule has 0 saturated carbocycles. The van der Waals surface area contributed by atoms with Crippen LogP contribution in [0.25, 0.3) is 17.5 Å². The standard InChI is InChI=1S/C22H21ClN4O/c23-18-6-4-5-16(15-18)8-13-21(28)24-19-11-9-17(10-12-19)22-26-25-20-7-2-1-3-14-27(20)22/h4-6,8-13,15H,1-3,7,14H2,(H,24,28)/b13-8+. The number of anilines is 1. The summed E-state index contributed by atoms with van der Waals surface area (Å²) < 4.78 is 2.22. The van der Waals surface area contributed by atoms with Crippen LogP contribution in [0, 0.1) is 0 Å². The highest BCUT2D eigenvalue weighted by Gasteiger charge is 2.15. The molecule has 0 aliphatic carbocycles. The maximum atomic E-state index is 12.2. The SMILES string of the molecule is O=C(/C=C/c1cccc(Cl)c1)Nc1ccc(-c2nnc3n2CCCCC3)cc1. The smallest absolute Gasteiger partial charge is 0.248 e. The largest absolute Gasteiger partial charge is 0.323 e. The Morgan fingerprint density at radius 3 is 2.75 bits per heavy atom. The van der Waals surface area contributed by atoms with E-state index in [4.69, 9.17) is 11.6 Å². The Hall–Kier alpha value is -2.92. The minimum Gasteiger partial charge on any atom is -0.323 e. The van der Waals surface area contributed by atoms with E-state index in [1.165, 1.54) is 18.9 Å². The molecule has 1 aromatic heterocycles. The first-order chi connectivity index (χ1) is 13.7. The number of halogens is 1. The highest BCUT2D eigenvalue weighted by molar-refractivity contribution is 6.30. The predicted molar refractivity (Wildman–Crippen MR) is 112 cm³/mol.